The number of nitriles is 1. The molecule has 5 nitrogen and oxygen atoms in total. The van der Waals surface area contributed by atoms with Crippen molar-refractivity contribution >= 4 is 17.5 Å². The zero-order valence-electron chi connectivity index (χ0n) is 14.7. The standard InChI is InChI=1S/C21H17N3O2S/c1-14(23)17(12-22)18(25)13-27-21-24-19(15-8-4-2-5-9-15)20(26-21)16-10-6-3-7-11-16/h2-11H,13,23H2,1H3. The molecule has 0 radical (unpaired) electrons. The summed E-state index contributed by atoms with van der Waals surface area (Å²) in [6, 6.07) is 21.2. The summed E-state index contributed by atoms with van der Waals surface area (Å²) in [5.41, 5.74) is 8.31. The van der Waals surface area contributed by atoms with Crippen molar-refractivity contribution in [2.45, 2.75) is 12.1 Å². The van der Waals surface area contributed by atoms with Gasteiger partial charge in [-0.25, -0.2) is 4.98 Å². The molecule has 0 spiro atoms. The summed E-state index contributed by atoms with van der Waals surface area (Å²) < 4.78 is 5.95. The zero-order valence-corrected chi connectivity index (χ0v) is 15.5. The van der Waals surface area contributed by atoms with E-state index in [1.807, 2.05) is 66.7 Å². The minimum Gasteiger partial charge on any atom is -0.431 e. The van der Waals surface area contributed by atoms with Crippen LogP contribution in [0, 0.1) is 11.3 Å². The molecule has 0 saturated carbocycles. The molecule has 0 aliphatic heterocycles. The highest BCUT2D eigenvalue weighted by atomic mass is 32.2. The number of rotatable bonds is 6. The first-order valence-electron chi connectivity index (χ1n) is 8.24. The highest BCUT2D eigenvalue weighted by Crippen LogP contribution is 2.35. The maximum atomic E-state index is 12.2. The van der Waals surface area contributed by atoms with Gasteiger partial charge in [-0.1, -0.05) is 72.4 Å². The van der Waals surface area contributed by atoms with E-state index in [1.165, 1.54) is 6.92 Å². The molecule has 2 aromatic carbocycles. The minimum atomic E-state index is -0.344. The van der Waals surface area contributed by atoms with E-state index in [4.69, 9.17) is 15.4 Å². The van der Waals surface area contributed by atoms with Crippen molar-refractivity contribution in [2.75, 3.05) is 5.75 Å². The van der Waals surface area contributed by atoms with Gasteiger partial charge in [-0.2, -0.15) is 5.26 Å². The van der Waals surface area contributed by atoms with Crippen molar-refractivity contribution in [2.24, 2.45) is 5.73 Å². The van der Waals surface area contributed by atoms with Crippen LogP contribution in [0.25, 0.3) is 22.6 Å². The molecule has 134 valence electrons. The first-order chi connectivity index (χ1) is 13.1. The Hall–Kier alpha value is -3.30. The maximum Gasteiger partial charge on any atom is 0.257 e. The van der Waals surface area contributed by atoms with E-state index in [9.17, 15) is 4.79 Å². The molecule has 27 heavy (non-hydrogen) atoms. The van der Waals surface area contributed by atoms with Gasteiger partial charge in [-0.3, -0.25) is 4.79 Å². The van der Waals surface area contributed by atoms with E-state index in [-0.39, 0.29) is 22.8 Å². The second-order valence-corrected chi connectivity index (χ2v) is 6.70. The van der Waals surface area contributed by atoms with Crippen LogP contribution in [0.2, 0.25) is 0 Å². The number of carbonyl (C=O) groups excluding carboxylic acids is 1. The SMILES string of the molecule is CC(N)=C(C#N)C(=O)CSc1nc(-c2ccccc2)c(-c2ccccc2)o1. The lowest BCUT2D eigenvalue weighted by molar-refractivity contribution is -0.112. The number of aromatic nitrogens is 1. The average molecular weight is 375 g/mol. The van der Waals surface area contributed by atoms with Crippen LogP contribution in [0.5, 0.6) is 0 Å². The Kier molecular flexibility index (Phi) is 5.74. The van der Waals surface area contributed by atoms with Crippen molar-refractivity contribution in [1.29, 1.82) is 5.26 Å². The molecule has 0 atom stereocenters. The average Bonchev–Trinajstić information content (AvgIpc) is 3.12. The Balaban J connectivity index is 1.92. The predicted molar refractivity (Wildman–Crippen MR) is 106 cm³/mol. The number of benzene rings is 2. The number of nitrogens with zero attached hydrogens (tertiary/aromatic N) is 2. The summed E-state index contributed by atoms with van der Waals surface area (Å²) in [6.07, 6.45) is 0. The lowest BCUT2D eigenvalue weighted by atomic mass is 10.1. The van der Waals surface area contributed by atoms with Crippen molar-refractivity contribution < 1.29 is 9.21 Å². The molecule has 6 heteroatoms. The highest BCUT2D eigenvalue weighted by molar-refractivity contribution is 7.99. The Morgan fingerprint density at radius 1 is 1.11 bits per heavy atom. The van der Waals surface area contributed by atoms with Crippen LogP contribution >= 0.6 is 11.8 Å². The summed E-state index contributed by atoms with van der Waals surface area (Å²) >= 11 is 1.15. The van der Waals surface area contributed by atoms with Crippen LogP contribution in [-0.2, 0) is 4.79 Å². The molecule has 3 aromatic rings. The molecular weight excluding hydrogens is 358 g/mol. The molecule has 3 rings (SSSR count). The van der Waals surface area contributed by atoms with Crippen molar-refractivity contribution in [1.82, 2.24) is 4.98 Å². The second-order valence-electron chi connectivity index (χ2n) is 5.77. The smallest absolute Gasteiger partial charge is 0.257 e. The van der Waals surface area contributed by atoms with Gasteiger partial charge in [0.05, 0.1) is 5.75 Å². The van der Waals surface area contributed by atoms with E-state index in [1.54, 1.807) is 0 Å². The molecule has 2 N–H and O–H groups in total. The van der Waals surface area contributed by atoms with Gasteiger partial charge in [0.2, 0.25) is 0 Å². The normalized spacial score (nSPS) is 11.6. The number of allylic oxidation sites excluding steroid dienone is 2. The molecule has 1 aromatic heterocycles. The highest BCUT2D eigenvalue weighted by Gasteiger charge is 2.19. The Morgan fingerprint density at radius 3 is 2.26 bits per heavy atom. The number of thioether (sulfide) groups is 1. The third kappa shape index (κ3) is 4.27. The third-order valence-electron chi connectivity index (χ3n) is 3.80. The number of carbonyl (C=O) groups is 1. The van der Waals surface area contributed by atoms with Crippen molar-refractivity contribution in [3.8, 4) is 28.7 Å². The first-order valence-corrected chi connectivity index (χ1v) is 9.23. The van der Waals surface area contributed by atoms with Crippen LogP contribution in [0.15, 0.2) is 81.6 Å². The third-order valence-corrected chi connectivity index (χ3v) is 4.63. The maximum absolute atomic E-state index is 12.2. The van der Waals surface area contributed by atoms with Gasteiger partial charge in [0, 0.05) is 16.8 Å². The molecule has 0 aliphatic rings. The summed E-state index contributed by atoms with van der Waals surface area (Å²) in [5, 5.41) is 9.42. The number of hydrogen-bond donors (Lipinski definition) is 1. The predicted octanol–water partition coefficient (Wildman–Crippen LogP) is 4.43. The van der Waals surface area contributed by atoms with Crippen LogP contribution in [0.4, 0.5) is 0 Å². The molecule has 0 aliphatic carbocycles. The lowest BCUT2D eigenvalue weighted by Gasteiger charge is -2.00. The largest absolute Gasteiger partial charge is 0.431 e. The summed E-state index contributed by atoms with van der Waals surface area (Å²) in [7, 11) is 0. The number of nitrogens with two attached hydrogens (primary N) is 1. The Morgan fingerprint density at radius 2 is 1.70 bits per heavy atom. The van der Waals surface area contributed by atoms with E-state index in [0.717, 1.165) is 22.9 Å². The first kappa shape index (κ1) is 18.5. The topological polar surface area (TPSA) is 92.9 Å². The summed E-state index contributed by atoms with van der Waals surface area (Å²) in [6.45, 7) is 1.53. The van der Waals surface area contributed by atoms with Gasteiger partial charge in [-0.15, -0.1) is 0 Å². The van der Waals surface area contributed by atoms with Crippen LogP contribution in [-0.4, -0.2) is 16.5 Å². The second kappa shape index (κ2) is 8.39. The van der Waals surface area contributed by atoms with E-state index < -0.39 is 0 Å². The number of Topliss-reactive ketones (excluding diaryl/α,β-unsaturated/α-hetero) is 1. The van der Waals surface area contributed by atoms with E-state index in [2.05, 4.69) is 4.98 Å². The van der Waals surface area contributed by atoms with Crippen LogP contribution < -0.4 is 5.73 Å². The van der Waals surface area contributed by atoms with Gasteiger partial charge >= 0.3 is 0 Å². The van der Waals surface area contributed by atoms with Gasteiger partial charge in [-0.05, 0) is 6.92 Å². The molecule has 0 amide bonds. The van der Waals surface area contributed by atoms with Crippen molar-refractivity contribution in [3.63, 3.8) is 0 Å². The Labute approximate surface area is 161 Å². The fourth-order valence-electron chi connectivity index (χ4n) is 2.51. The lowest BCUT2D eigenvalue weighted by Crippen LogP contribution is -2.10. The number of hydrogen-bond acceptors (Lipinski definition) is 6. The summed E-state index contributed by atoms with van der Waals surface area (Å²) in [5.74, 6) is 0.325. The number of oxazole rings is 1. The molecule has 0 unspecified atom stereocenters. The fourth-order valence-corrected chi connectivity index (χ4v) is 3.21. The number of ketones is 1. The molecule has 1 heterocycles. The molecule has 0 fully saturated rings. The van der Waals surface area contributed by atoms with Gasteiger partial charge < -0.3 is 10.2 Å². The molecule has 0 saturated heterocycles. The zero-order chi connectivity index (χ0) is 19.2. The van der Waals surface area contributed by atoms with Crippen molar-refractivity contribution in [3.05, 3.63) is 71.9 Å². The quantitative estimate of drug-likeness (QED) is 0.389. The molecule has 0 bridgehead atoms. The molecular formula is C21H17N3O2S. The monoisotopic (exact) mass is 375 g/mol. The fraction of sp³-hybridized carbons (Fsp3) is 0.0952. The van der Waals surface area contributed by atoms with Crippen LogP contribution in [0.3, 0.4) is 0 Å². The van der Waals surface area contributed by atoms with E-state index in [0.29, 0.717) is 16.7 Å². The van der Waals surface area contributed by atoms with Gasteiger partial charge in [0.25, 0.3) is 5.22 Å². The van der Waals surface area contributed by atoms with Gasteiger partial charge in [0.1, 0.15) is 17.3 Å². The van der Waals surface area contributed by atoms with E-state index >= 15 is 0 Å². The van der Waals surface area contributed by atoms with Gasteiger partial charge in [0.15, 0.2) is 11.5 Å². The minimum absolute atomic E-state index is 0.0272. The Bertz CT molecular complexity index is 958. The summed E-state index contributed by atoms with van der Waals surface area (Å²) in [4.78, 5) is 16.7. The van der Waals surface area contributed by atoms with Crippen LogP contribution in [0.1, 0.15) is 6.92 Å².